The van der Waals surface area contributed by atoms with Crippen molar-refractivity contribution in [3.05, 3.63) is 66.7 Å². The van der Waals surface area contributed by atoms with Crippen molar-refractivity contribution in [1.29, 1.82) is 0 Å². The zero-order valence-corrected chi connectivity index (χ0v) is 16.9. The summed E-state index contributed by atoms with van der Waals surface area (Å²) < 4.78 is 10.8. The predicted octanol–water partition coefficient (Wildman–Crippen LogP) is 3.15. The van der Waals surface area contributed by atoms with Crippen LogP contribution in [0.5, 0.6) is 11.5 Å². The second-order valence-electron chi connectivity index (χ2n) is 6.74. The highest BCUT2D eigenvalue weighted by Gasteiger charge is 2.35. The Morgan fingerprint density at radius 2 is 1.83 bits per heavy atom. The van der Waals surface area contributed by atoms with Crippen molar-refractivity contribution >= 4 is 23.7 Å². The minimum absolute atomic E-state index is 0.0848. The minimum Gasteiger partial charge on any atom is -0.494 e. The summed E-state index contributed by atoms with van der Waals surface area (Å²) >= 11 is 0. The van der Waals surface area contributed by atoms with Gasteiger partial charge in [-0.3, -0.25) is 9.59 Å². The van der Waals surface area contributed by atoms with Crippen molar-refractivity contribution in [3.63, 3.8) is 0 Å². The number of carbonyl (C=O) groups is 2. The third-order valence-electron chi connectivity index (χ3n) is 4.59. The van der Waals surface area contributed by atoms with Gasteiger partial charge in [-0.05, 0) is 61.0 Å². The number of hydrazone groups is 1. The summed E-state index contributed by atoms with van der Waals surface area (Å²) in [5.41, 5.74) is 4.10. The Labute approximate surface area is 176 Å². The molecule has 1 aliphatic rings. The molecule has 30 heavy (non-hydrogen) atoms. The zero-order chi connectivity index (χ0) is 21.3. The summed E-state index contributed by atoms with van der Waals surface area (Å²) in [5, 5.41) is 4.00. The number of carbonyl (C=O) groups excluding carboxylic acids is 2. The molecule has 0 spiro atoms. The van der Waals surface area contributed by atoms with Crippen LogP contribution in [0, 0.1) is 5.92 Å². The smallest absolute Gasteiger partial charge is 0.245 e. The number of ether oxygens (including phenoxy) is 2. The maximum absolute atomic E-state index is 12.4. The molecule has 1 heterocycles. The molecule has 0 saturated carbocycles. The molecule has 0 bridgehead atoms. The summed E-state index contributed by atoms with van der Waals surface area (Å²) in [4.78, 5) is 26.4. The van der Waals surface area contributed by atoms with Crippen LogP contribution in [0.4, 0.5) is 5.69 Å². The highest BCUT2D eigenvalue weighted by Crippen LogP contribution is 2.27. The molecular formula is C23H25N3O4. The molecule has 0 radical (unpaired) electrons. The van der Waals surface area contributed by atoms with E-state index in [1.807, 2.05) is 55.5 Å². The maximum atomic E-state index is 12.4. The van der Waals surface area contributed by atoms with Gasteiger partial charge >= 0.3 is 0 Å². The van der Waals surface area contributed by atoms with Gasteiger partial charge in [0.1, 0.15) is 18.1 Å². The molecule has 2 aromatic rings. The van der Waals surface area contributed by atoms with Gasteiger partial charge in [-0.2, -0.15) is 5.10 Å². The van der Waals surface area contributed by atoms with Gasteiger partial charge in [0.05, 0.1) is 18.7 Å². The van der Waals surface area contributed by atoms with E-state index < -0.39 is 5.92 Å². The Bertz CT molecular complexity index is 907. The Kier molecular flexibility index (Phi) is 7.21. The van der Waals surface area contributed by atoms with E-state index >= 15 is 0 Å². The molecule has 156 valence electrons. The lowest BCUT2D eigenvalue weighted by molar-refractivity contribution is -0.126. The molecule has 2 aromatic carbocycles. The average Bonchev–Trinajstić information content (AvgIpc) is 3.15. The molecule has 0 aliphatic carbocycles. The maximum Gasteiger partial charge on any atom is 0.245 e. The van der Waals surface area contributed by atoms with Crippen LogP contribution in [0.15, 0.2) is 66.3 Å². The van der Waals surface area contributed by atoms with Crippen LogP contribution >= 0.6 is 0 Å². The standard InChI is InChI=1S/C23H25N3O4/c1-3-13-30-21-9-5-17(6-10-21)15-24-25-23(28)18-14-22(27)26(16-18)19-7-11-20(12-8-19)29-4-2/h3,5-12,15,18H,1,4,13-14,16H2,2H3,(H,25,28)/b24-15-/t18-/m0/s1. The lowest BCUT2D eigenvalue weighted by Crippen LogP contribution is -2.30. The fourth-order valence-corrected chi connectivity index (χ4v) is 3.09. The second-order valence-corrected chi connectivity index (χ2v) is 6.74. The van der Waals surface area contributed by atoms with Crippen LogP contribution in [0.1, 0.15) is 18.9 Å². The van der Waals surface area contributed by atoms with Crippen LogP contribution in [-0.4, -0.2) is 37.8 Å². The Balaban J connectivity index is 1.52. The number of hydrogen-bond donors (Lipinski definition) is 1. The van der Waals surface area contributed by atoms with E-state index in [2.05, 4.69) is 17.1 Å². The van der Waals surface area contributed by atoms with Gasteiger partial charge < -0.3 is 14.4 Å². The highest BCUT2D eigenvalue weighted by molar-refractivity contribution is 6.00. The number of amides is 2. The second kappa shape index (κ2) is 10.2. The fourth-order valence-electron chi connectivity index (χ4n) is 3.09. The molecule has 1 atom stereocenters. The van der Waals surface area contributed by atoms with Crippen molar-refractivity contribution in [1.82, 2.24) is 5.43 Å². The van der Waals surface area contributed by atoms with Gasteiger partial charge in [-0.25, -0.2) is 5.43 Å². The van der Waals surface area contributed by atoms with Gasteiger partial charge in [-0.15, -0.1) is 0 Å². The van der Waals surface area contributed by atoms with Crippen molar-refractivity contribution in [2.75, 3.05) is 24.7 Å². The van der Waals surface area contributed by atoms with Gasteiger partial charge in [0, 0.05) is 18.7 Å². The first-order chi connectivity index (χ1) is 14.6. The third kappa shape index (κ3) is 5.47. The molecular weight excluding hydrogens is 382 g/mol. The minimum atomic E-state index is -0.448. The van der Waals surface area contributed by atoms with E-state index in [1.54, 1.807) is 17.2 Å². The number of hydrogen-bond acceptors (Lipinski definition) is 5. The SMILES string of the molecule is C=CCOc1ccc(/C=N\NC(=O)[C@H]2CC(=O)N(c3ccc(OCC)cc3)C2)cc1. The Hall–Kier alpha value is -3.61. The van der Waals surface area contributed by atoms with E-state index in [4.69, 9.17) is 9.47 Å². The fraction of sp³-hybridized carbons (Fsp3) is 0.261. The molecule has 7 heteroatoms. The number of benzene rings is 2. The normalized spacial score (nSPS) is 16.0. The number of nitrogens with one attached hydrogen (secondary N) is 1. The van der Waals surface area contributed by atoms with Gasteiger partial charge in [0.15, 0.2) is 0 Å². The van der Waals surface area contributed by atoms with E-state index in [0.717, 1.165) is 22.7 Å². The van der Waals surface area contributed by atoms with Crippen molar-refractivity contribution in [2.45, 2.75) is 13.3 Å². The van der Waals surface area contributed by atoms with E-state index in [1.165, 1.54) is 0 Å². The molecule has 0 unspecified atom stereocenters. The largest absolute Gasteiger partial charge is 0.494 e. The lowest BCUT2D eigenvalue weighted by atomic mass is 10.1. The van der Waals surface area contributed by atoms with Crippen LogP contribution < -0.4 is 19.8 Å². The quantitative estimate of drug-likeness (QED) is 0.393. The summed E-state index contributed by atoms with van der Waals surface area (Å²) in [6.45, 7) is 6.86. The van der Waals surface area contributed by atoms with Gasteiger partial charge in [0.2, 0.25) is 11.8 Å². The zero-order valence-electron chi connectivity index (χ0n) is 16.9. The number of nitrogens with zero attached hydrogens (tertiary/aromatic N) is 2. The highest BCUT2D eigenvalue weighted by atomic mass is 16.5. The van der Waals surface area contributed by atoms with Crippen LogP contribution in [0.3, 0.4) is 0 Å². The summed E-state index contributed by atoms with van der Waals surface area (Å²) in [5.74, 6) is 0.667. The Morgan fingerprint density at radius 3 is 2.50 bits per heavy atom. The Morgan fingerprint density at radius 1 is 1.17 bits per heavy atom. The van der Waals surface area contributed by atoms with Crippen molar-refractivity contribution in [3.8, 4) is 11.5 Å². The molecule has 3 rings (SSSR count). The molecule has 1 N–H and O–H groups in total. The van der Waals surface area contributed by atoms with Crippen LogP contribution in [0.25, 0.3) is 0 Å². The summed E-state index contributed by atoms with van der Waals surface area (Å²) in [6.07, 6.45) is 3.38. The lowest BCUT2D eigenvalue weighted by Gasteiger charge is -2.17. The van der Waals surface area contributed by atoms with Crippen molar-refractivity contribution < 1.29 is 19.1 Å². The molecule has 0 aromatic heterocycles. The molecule has 7 nitrogen and oxygen atoms in total. The van der Waals surface area contributed by atoms with E-state index in [0.29, 0.717) is 19.8 Å². The summed E-state index contributed by atoms with van der Waals surface area (Å²) in [7, 11) is 0. The van der Waals surface area contributed by atoms with E-state index in [9.17, 15) is 9.59 Å². The number of rotatable bonds is 9. The van der Waals surface area contributed by atoms with E-state index in [-0.39, 0.29) is 18.2 Å². The van der Waals surface area contributed by atoms with Gasteiger partial charge in [-0.1, -0.05) is 12.7 Å². The predicted molar refractivity (Wildman–Crippen MR) is 116 cm³/mol. The molecule has 1 aliphatic heterocycles. The first-order valence-corrected chi connectivity index (χ1v) is 9.80. The topological polar surface area (TPSA) is 80.2 Å². The average molecular weight is 407 g/mol. The monoisotopic (exact) mass is 407 g/mol. The summed E-state index contributed by atoms with van der Waals surface area (Å²) in [6, 6.07) is 14.6. The van der Waals surface area contributed by atoms with Crippen molar-refractivity contribution in [2.24, 2.45) is 11.0 Å². The van der Waals surface area contributed by atoms with Crippen LogP contribution in [0.2, 0.25) is 0 Å². The molecule has 2 amide bonds. The first-order valence-electron chi connectivity index (χ1n) is 9.80. The first kappa shape index (κ1) is 21.1. The molecule has 1 fully saturated rings. The van der Waals surface area contributed by atoms with Crippen LogP contribution in [-0.2, 0) is 9.59 Å². The number of anilines is 1. The third-order valence-corrected chi connectivity index (χ3v) is 4.59. The molecule has 1 saturated heterocycles. The van der Waals surface area contributed by atoms with Gasteiger partial charge in [0.25, 0.3) is 0 Å².